The number of nitrogens with two attached hydrogens (primary N) is 2. The Hall–Kier alpha value is -3.22. The maximum absolute atomic E-state index is 6.24. The molecule has 4 aromatic rings. The number of hydrogen-bond donors (Lipinski definition) is 4. The molecule has 1 atom stereocenters. The van der Waals surface area contributed by atoms with Gasteiger partial charge in [-0.3, -0.25) is 0 Å². The largest absolute Gasteiger partial charge is 0.341 e. The first-order chi connectivity index (χ1) is 14.5. The zero-order valence-electron chi connectivity index (χ0n) is 17.2. The van der Waals surface area contributed by atoms with Crippen molar-refractivity contribution in [1.29, 1.82) is 0 Å². The number of aromatic nitrogens is 4. The van der Waals surface area contributed by atoms with E-state index in [4.69, 9.17) is 11.5 Å². The van der Waals surface area contributed by atoms with E-state index in [9.17, 15) is 0 Å². The van der Waals surface area contributed by atoms with E-state index in [1.807, 2.05) is 12.4 Å². The van der Waals surface area contributed by atoms with E-state index in [-0.39, 0.29) is 6.04 Å². The van der Waals surface area contributed by atoms with Crippen molar-refractivity contribution in [2.45, 2.75) is 32.9 Å². The molecule has 30 heavy (non-hydrogen) atoms. The van der Waals surface area contributed by atoms with Crippen LogP contribution in [0.25, 0.3) is 33.6 Å². The van der Waals surface area contributed by atoms with E-state index >= 15 is 0 Å². The van der Waals surface area contributed by atoms with E-state index in [1.165, 1.54) is 22.3 Å². The summed E-state index contributed by atoms with van der Waals surface area (Å²) >= 11 is 0. The normalized spacial score (nSPS) is 13.5. The molecule has 1 unspecified atom stereocenters. The van der Waals surface area contributed by atoms with Crippen LogP contribution in [0.2, 0.25) is 0 Å². The fourth-order valence-electron chi connectivity index (χ4n) is 4.13. The molecule has 0 aliphatic heterocycles. The lowest BCUT2D eigenvalue weighted by atomic mass is 10.0. The van der Waals surface area contributed by atoms with Gasteiger partial charge in [-0.2, -0.15) is 0 Å². The van der Waals surface area contributed by atoms with Crippen LogP contribution in [0, 0.1) is 5.92 Å². The summed E-state index contributed by atoms with van der Waals surface area (Å²) in [6.45, 7) is 4.62. The Kier molecular flexibility index (Phi) is 4.53. The highest BCUT2D eigenvalue weighted by Gasteiger charge is 2.21. The molecule has 0 saturated heterocycles. The van der Waals surface area contributed by atoms with Gasteiger partial charge in [0.15, 0.2) is 0 Å². The lowest BCUT2D eigenvalue weighted by molar-refractivity contribution is 0.494. The lowest BCUT2D eigenvalue weighted by Gasteiger charge is -2.12. The molecule has 0 saturated carbocycles. The maximum atomic E-state index is 6.24. The summed E-state index contributed by atoms with van der Waals surface area (Å²) in [6, 6.07) is 13.1. The second-order valence-electron chi connectivity index (χ2n) is 8.32. The molecule has 1 aliphatic carbocycles. The smallest absolute Gasteiger partial charge is 0.123 e. The summed E-state index contributed by atoms with van der Waals surface area (Å²) in [4.78, 5) is 15.5. The Morgan fingerprint density at radius 1 is 0.900 bits per heavy atom. The third-order valence-electron chi connectivity index (χ3n) is 5.95. The molecule has 2 heterocycles. The van der Waals surface area contributed by atoms with Gasteiger partial charge in [-0.1, -0.05) is 38.1 Å². The van der Waals surface area contributed by atoms with Gasteiger partial charge in [0.2, 0.25) is 0 Å². The van der Waals surface area contributed by atoms with Gasteiger partial charge in [0.1, 0.15) is 11.6 Å². The van der Waals surface area contributed by atoms with Crippen molar-refractivity contribution in [1.82, 2.24) is 19.9 Å². The summed E-state index contributed by atoms with van der Waals surface area (Å²) in [5.41, 5.74) is 21.5. The average Bonchev–Trinajstić information content (AvgIpc) is 3.49. The van der Waals surface area contributed by atoms with Crippen LogP contribution in [0.4, 0.5) is 0 Å². The summed E-state index contributed by atoms with van der Waals surface area (Å²) in [5, 5.41) is 0. The third-order valence-corrected chi connectivity index (χ3v) is 5.95. The van der Waals surface area contributed by atoms with Crippen molar-refractivity contribution in [2.75, 3.05) is 0 Å². The van der Waals surface area contributed by atoms with Gasteiger partial charge in [0.05, 0.1) is 36.4 Å². The maximum Gasteiger partial charge on any atom is 0.123 e. The molecule has 0 spiro atoms. The summed E-state index contributed by atoms with van der Waals surface area (Å²) in [7, 11) is 0. The van der Waals surface area contributed by atoms with Crippen molar-refractivity contribution in [2.24, 2.45) is 17.4 Å². The number of rotatable bonds is 5. The first-order valence-corrected chi connectivity index (χ1v) is 10.3. The number of nitrogens with zero attached hydrogens (tertiary/aromatic N) is 2. The first-order valence-electron chi connectivity index (χ1n) is 10.3. The first kappa shape index (κ1) is 18.8. The molecular formula is C24H26N6. The second kappa shape index (κ2) is 7.23. The van der Waals surface area contributed by atoms with E-state index < -0.39 is 0 Å². The fraction of sp³-hybridized carbons (Fsp3) is 0.250. The van der Waals surface area contributed by atoms with Gasteiger partial charge in [-0.25, -0.2) is 9.97 Å². The molecule has 6 N–H and O–H groups in total. The molecule has 1 aliphatic rings. The molecule has 6 nitrogen and oxygen atoms in total. The topological polar surface area (TPSA) is 109 Å². The Morgan fingerprint density at radius 3 is 2.07 bits per heavy atom. The van der Waals surface area contributed by atoms with Crippen molar-refractivity contribution in [3.05, 3.63) is 71.6 Å². The molecule has 0 radical (unpaired) electrons. The standard InChI is InChI=1S/C24H26N6/c1-13(2)23(26)24-28-12-21(30-24)15-4-6-19-17(8-15)9-16-7-14(3-5-18(16)19)20-11-27-22(10-25)29-20/h3-8,11-13,23H,9-10,25-26H2,1-2H3,(H,27,29)(H,28,30). The molecule has 2 aromatic carbocycles. The van der Waals surface area contributed by atoms with Crippen molar-refractivity contribution in [3.63, 3.8) is 0 Å². The minimum atomic E-state index is -0.0851. The number of imidazole rings is 2. The fourth-order valence-corrected chi connectivity index (χ4v) is 4.13. The predicted octanol–water partition coefficient (Wildman–Crippen LogP) is 4.15. The van der Waals surface area contributed by atoms with E-state index in [0.717, 1.165) is 40.6 Å². The highest BCUT2D eigenvalue weighted by atomic mass is 15.0. The van der Waals surface area contributed by atoms with E-state index in [2.05, 4.69) is 70.2 Å². The van der Waals surface area contributed by atoms with Crippen molar-refractivity contribution in [3.8, 4) is 33.6 Å². The molecule has 6 heteroatoms. The minimum absolute atomic E-state index is 0.0851. The van der Waals surface area contributed by atoms with Crippen LogP contribution in [-0.2, 0) is 13.0 Å². The van der Waals surface area contributed by atoms with Crippen LogP contribution in [0.5, 0.6) is 0 Å². The minimum Gasteiger partial charge on any atom is -0.341 e. The number of H-pyrrole nitrogens is 2. The van der Waals surface area contributed by atoms with Crippen LogP contribution < -0.4 is 11.5 Å². The number of nitrogens with one attached hydrogen (secondary N) is 2. The van der Waals surface area contributed by atoms with E-state index in [1.54, 1.807) is 0 Å². The number of benzene rings is 2. The molecule has 152 valence electrons. The predicted molar refractivity (Wildman–Crippen MR) is 120 cm³/mol. The number of aromatic amines is 2. The molecule has 0 fully saturated rings. The quantitative estimate of drug-likeness (QED) is 0.356. The molecule has 2 aromatic heterocycles. The average molecular weight is 399 g/mol. The van der Waals surface area contributed by atoms with Crippen LogP contribution in [0.15, 0.2) is 48.8 Å². The van der Waals surface area contributed by atoms with Gasteiger partial charge < -0.3 is 21.4 Å². The van der Waals surface area contributed by atoms with Crippen LogP contribution in [0.1, 0.15) is 42.7 Å². The van der Waals surface area contributed by atoms with Crippen LogP contribution in [-0.4, -0.2) is 19.9 Å². The number of hydrogen-bond acceptors (Lipinski definition) is 4. The Morgan fingerprint density at radius 2 is 1.50 bits per heavy atom. The van der Waals surface area contributed by atoms with Crippen molar-refractivity contribution >= 4 is 0 Å². The summed E-state index contributed by atoms with van der Waals surface area (Å²) < 4.78 is 0. The highest BCUT2D eigenvalue weighted by Crippen LogP contribution is 2.40. The molecule has 0 amide bonds. The molecular weight excluding hydrogens is 372 g/mol. The zero-order valence-corrected chi connectivity index (χ0v) is 17.2. The lowest BCUT2D eigenvalue weighted by Crippen LogP contribution is -2.18. The van der Waals surface area contributed by atoms with Crippen molar-refractivity contribution < 1.29 is 0 Å². The van der Waals surface area contributed by atoms with Gasteiger partial charge in [0, 0.05) is 0 Å². The monoisotopic (exact) mass is 398 g/mol. The second-order valence-corrected chi connectivity index (χ2v) is 8.32. The van der Waals surface area contributed by atoms with Gasteiger partial charge in [-0.05, 0) is 57.9 Å². The molecule has 5 rings (SSSR count). The third kappa shape index (κ3) is 3.14. The number of fused-ring (bicyclic) bond motifs is 3. The van der Waals surface area contributed by atoms with Crippen LogP contribution >= 0.6 is 0 Å². The zero-order chi connectivity index (χ0) is 20.8. The Balaban J connectivity index is 1.44. The molecule has 0 bridgehead atoms. The van der Waals surface area contributed by atoms with Crippen LogP contribution in [0.3, 0.4) is 0 Å². The van der Waals surface area contributed by atoms with Gasteiger partial charge in [0.25, 0.3) is 0 Å². The van der Waals surface area contributed by atoms with E-state index in [0.29, 0.717) is 12.5 Å². The Labute approximate surface area is 175 Å². The van der Waals surface area contributed by atoms with Gasteiger partial charge in [-0.15, -0.1) is 0 Å². The van der Waals surface area contributed by atoms with Gasteiger partial charge >= 0.3 is 0 Å². The Bertz CT molecular complexity index is 1220. The highest BCUT2D eigenvalue weighted by molar-refractivity contribution is 5.81. The summed E-state index contributed by atoms with van der Waals surface area (Å²) in [5.74, 6) is 1.97. The summed E-state index contributed by atoms with van der Waals surface area (Å²) in [6.07, 6.45) is 4.64. The SMILES string of the molecule is CC(C)C(N)c1ncc(-c2ccc3c(c2)Cc2cc(-c4cnc(CN)[nH]4)ccc2-3)[nH]1.